The Bertz CT molecular complexity index is 635. The third-order valence-electron chi connectivity index (χ3n) is 3.57. The zero-order valence-corrected chi connectivity index (χ0v) is 15.4. The fourth-order valence-electron chi connectivity index (χ4n) is 2.19. The molecule has 0 unspecified atom stereocenters. The summed E-state index contributed by atoms with van der Waals surface area (Å²) in [5.74, 6) is -1.51. The Balaban J connectivity index is 2.06. The van der Waals surface area contributed by atoms with Crippen LogP contribution in [0.2, 0.25) is 0 Å². The summed E-state index contributed by atoms with van der Waals surface area (Å²) in [6, 6.07) is 0. The van der Waals surface area contributed by atoms with Crippen LogP contribution in [0.3, 0.4) is 0 Å². The molecule has 1 fully saturated rings. The quantitative estimate of drug-likeness (QED) is 0.404. The summed E-state index contributed by atoms with van der Waals surface area (Å²) in [4.78, 5) is 48.3. The minimum absolute atomic E-state index is 0.0769. The summed E-state index contributed by atoms with van der Waals surface area (Å²) >= 11 is 1.49. The first-order valence-electron chi connectivity index (χ1n) is 7.74. The van der Waals surface area contributed by atoms with Gasteiger partial charge in [-0.15, -0.1) is 11.8 Å². The molecule has 2 aliphatic heterocycles. The van der Waals surface area contributed by atoms with Crippen molar-refractivity contribution in [3.05, 3.63) is 11.3 Å². The number of hydrogen-bond acceptors (Lipinski definition) is 8. The number of esters is 3. The van der Waals surface area contributed by atoms with Gasteiger partial charge in [-0.1, -0.05) is 0 Å². The lowest BCUT2D eigenvalue weighted by Gasteiger charge is -2.44. The van der Waals surface area contributed by atoms with E-state index < -0.39 is 30.1 Å². The molecule has 2 aliphatic rings. The molecule has 0 aromatic rings. The van der Waals surface area contributed by atoms with Crippen LogP contribution in [0.25, 0.3) is 0 Å². The third kappa shape index (κ3) is 4.53. The molecule has 0 aromatic carbocycles. The maximum Gasteiger partial charge on any atom is 0.358 e. The van der Waals surface area contributed by atoms with Crippen LogP contribution in [-0.2, 0) is 33.4 Å². The summed E-state index contributed by atoms with van der Waals surface area (Å²) < 4.78 is 14.9. The fraction of sp³-hybridized carbons (Fsp3) is 0.625. The number of carbonyl (C=O) groups is 4. The summed E-state index contributed by atoms with van der Waals surface area (Å²) in [7, 11) is 0. The van der Waals surface area contributed by atoms with Gasteiger partial charge in [0.15, 0.2) is 0 Å². The Morgan fingerprint density at radius 2 is 1.88 bits per heavy atom. The van der Waals surface area contributed by atoms with E-state index in [1.807, 2.05) is 0 Å². The van der Waals surface area contributed by atoms with Gasteiger partial charge in [0.25, 0.3) is 0 Å². The highest BCUT2D eigenvalue weighted by molar-refractivity contribution is 8.00. The van der Waals surface area contributed by atoms with Crippen molar-refractivity contribution in [1.29, 1.82) is 0 Å². The van der Waals surface area contributed by atoms with Crippen LogP contribution in [0.1, 0.15) is 34.1 Å². The van der Waals surface area contributed by atoms with Gasteiger partial charge < -0.3 is 14.2 Å². The van der Waals surface area contributed by atoms with Crippen LogP contribution in [0.15, 0.2) is 11.3 Å². The van der Waals surface area contributed by atoms with E-state index in [1.165, 1.54) is 23.6 Å². The number of fused-ring (bicyclic) bond motifs is 1. The maximum atomic E-state index is 12.4. The summed E-state index contributed by atoms with van der Waals surface area (Å²) in [6.45, 7) is 5.66. The van der Waals surface area contributed by atoms with Crippen molar-refractivity contribution >= 4 is 35.6 Å². The Morgan fingerprint density at radius 1 is 1.20 bits per heavy atom. The van der Waals surface area contributed by atoms with Gasteiger partial charge in [-0.2, -0.15) is 0 Å². The number of amides is 1. The first kappa shape index (κ1) is 19.3. The number of hydrogen-bond donors (Lipinski definition) is 0. The van der Waals surface area contributed by atoms with E-state index in [4.69, 9.17) is 14.2 Å². The van der Waals surface area contributed by atoms with E-state index >= 15 is 0 Å². The summed E-state index contributed by atoms with van der Waals surface area (Å²) in [6.07, 6.45) is 0.349. The predicted octanol–water partition coefficient (Wildman–Crippen LogP) is 1.20. The molecule has 1 amide bonds. The minimum atomic E-state index is -0.776. The van der Waals surface area contributed by atoms with Crippen molar-refractivity contribution in [3.63, 3.8) is 0 Å². The summed E-state index contributed by atoms with van der Waals surface area (Å²) in [5.41, 5.74) is -0.142. The van der Waals surface area contributed by atoms with Crippen molar-refractivity contribution in [3.8, 4) is 0 Å². The van der Waals surface area contributed by atoms with Crippen molar-refractivity contribution in [1.82, 2.24) is 4.90 Å². The van der Waals surface area contributed by atoms with Crippen LogP contribution in [0.4, 0.5) is 0 Å². The van der Waals surface area contributed by atoms with Crippen LogP contribution < -0.4 is 0 Å². The van der Waals surface area contributed by atoms with Gasteiger partial charge in [0.2, 0.25) is 12.7 Å². The fourth-order valence-corrected chi connectivity index (χ4v) is 3.43. The van der Waals surface area contributed by atoms with Gasteiger partial charge in [0, 0.05) is 18.2 Å². The van der Waals surface area contributed by atoms with Gasteiger partial charge in [0.05, 0.1) is 17.2 Å². The van der Waals surface area contributed by atoms with E-state index in [0.29, 0.717) is 17.7 Å². The molecule has 0 aromatic heterocycles. The first-order valence-corrected chi connectivity index (χ1v) is 8.79. The molecule has 0 aliphatic carbocycles. The monoisotopic (exact) mass is 371 g/mol. The van der Waals surface area contributed by atoms with Crippen LogP contribution in [-0.4, -0.2) is 53.2 Å². The van der Waals surface area contributed by atoms with E-state index in [0.717, 1.165) is 0 Å². The molecule has 8 nitrogen and oxygen atoms in total. The average molecular weight is 371 g/mol. The number of nitrogens with zero attached hydrogens (tertiary/aromatic N) is 1. The number of ether oxygens (including phenoxy) is 3. The number of carbonyl (C=O) groups excluding carboxylic acids is 4. The molecule has 0 N–H and O–H groups in total. The van der Waals surface area contributed by atoms with Crippen molar-refractivity contribution in [2.24, 2.45) is 5.41 Å². The Hall–Kier alpha value is -2.03. The second kappa shape index (κ2) is 7.47. The van der Waals surface area contributed by atoms with Crippen LogP contribution in [0.5, 0.6) is 0 Å². The van der Waals surface area contributed by atoms with Gasteiger partial charge in [-0.3, -0.25) is 19.3 Å². The standard InChI is InChI=1S/C16H21NO7S/c1-9(18)22-6-10-7-25-12-5-11(19)17(12)13(10)14(20)23-8-24-15(21)16(2,3)4/h12H,5-8H2,1-4H3/t12-/m1/s1. The minimum Gasteiger partial charge on any atom is -0.461 e. The third-order valence-corrected chi connectivity index (χ3v) is 4.84. The highest BCUT2D eigenvalue weighted by Crippen LogP contribution is 2.40. The van der Waals surface area contributed by atoms with E-state index in [2.05, 4.69) is 0 Å². The number of thioether (sulfide) groups is 1. The molecule has 0 radical (unpaired) electrons. The lowest BCUT2D eigenvalue weighted by Crippen LogP contribution is -2.54. The average Bonchev–Trinajstić information content (AvgIpc) is 2.50. The van der Waals surface area contributed by atoms with Gasteiger partial charge in [0.1, 0.15) is 12.3 Å². The molecular formula is C16H21NO7S. The van der Waals surface area contributed by atoms with Gasteiger partial charge in [-0.05, 0) is 20.8 Å². The molecule has 2 heterocycles. The highest BCUT2D eigenvalue weighted by atomic mass is 32.2. The lowest BCUT2D eigenvalue weighted by atomic mass is 9.98. The van der Waals surface area contributed by atoms with Crippen molar-refractivity contribution < 1.29 is 33.4 Å². The lowest BCUT2D eigenvalue weighted by molar-refractivity contribution is -0.173. The zero-order valence-electron chi connectivity index (χ0n) is 14.6. The predicted molar refractivity (Wildman–Crippen MR) is 87.9 cm³/mol. The molecule has 138 valence electrons. The van der Waals surface area contributed by atoms with Crippen molar-refractivity contribution in [2.75, 3.05) is 19.2 Å². The van der Waals surface area contributed by atoms with E-state index in [-0.39, 0.29) is 23.6 Å². The van der Waals surface area contributed by atoms with E-state index in [1.54, 1.807) is 20.8 Å². The molecule has 0 spiro atoms. The Labute approximate surface area is 149 Å². The SMILES string of the molecule is CC(=O)OCC1=C(C(=O)OCOC(=O)C(C)(C)C)N2C(=O)C[C@H]2SC1. The molecule has 0 saturated carbocycles. The second-order valence-corrected chi connectivity index (χ2v) is 7.86. The van der Waals surface area contributed by atoms with E-state index in [9.17, 15) is 19.2 Å². The molecule has 25 heavy (non-hydrogen) atoms. The molecule has 1 saturated heterocycles. The van der Waals surface area contributed by atoms with Crippen molar-refractivity contribution in [2.45, 2.75) is 39.5 Å². The largest absolute Gasteiger partial charge is 0.461 e. The Morgan fingerprint density at radius 3 is 2.44 bits per heavy atom. The molecule has 0 bridgehead atoms. The first-order chi connectivity index (χ1) is 11.6. The normalized spacial score (nSPS) is 19.8. The smallest absolute Gasteiger partial charge is 0.358 e. The second-order valence-electron chi connectivity index (χ2n) is 6.70. The molecule has 2 rings (SSSR count). The number of rotatable bonds is 5. The maximum absolute atomic E-state index is 12.4. The topological polar surface area (TPSA) is 99.2 Å². The zero-order chi connectivity index (χ0) is 18.8. The highest BCUT2D eigenvalue weighted by Gasteiger charge is 2.46. The molecule has 9 heteroatoms. The molecule has 1 atom stereocenters. The summed E-state index contributed by atoms with van der Waals surface area (Å²) in [5, 5.41) is -0.117. The number of β-lactam (4-membered cyclic amide) rings is 1. The van der Waals surface area contributed by atoms with Gasteiger partial charge >= 0.3 is 17.9 Å². The van der Waals surface area contributed by atoms with Crippen LogP contribution >= 0.6 is 11.8 Å². The Kier molecular flexibility index (Phi) is 5.76. The van der Waals surface area contributed by atoms with Crippen LogP contribution in [0, 0.1) is 5.41 Å². The molecular weight excluding hydrogens is 350 g/mol. The van der Waals surface area contributed by atoms with Gasteiger partial charge in [-0.25, -0.2) is 4.79 Å².